The molecule has 0 aliphatic carbocycles. The molecule has 0 aromatic carbocycles. The topological polar surface area (TPSA) is 101 Å². The van der Waals surface area contributed by atoms with Crippen molar-refractivity contribution < 1.29 is 0 Å². The minimum absolute atomic E-state index is 0.101. The lowest BCUT2D eigenvalue weighted by molar-refractivity contribution is 0.462. The molecule has 2 heterocycles. The number of nitrogens with one attached hydrogen (secondary N) is 2. The molecule has 0 amide bonds. The number of fused-ring (bicyclic) bond motifs is 1. The zero-order valence-electron chi connectivity index (χ0n) is 10.6. The highest BCUT2D eigenvalue weighted by Gasteiger charge is 2.21. The number of anilines is 1. The molecular weight excluding hydrogens is 232 g/mol. The zero-order valence-corrected chi connectivity index (χ0v) is 10.6. The van der Waals surface area contributed by atoms with Crippen LogP contribution < -0.4 is 16.7 Å². The second-order valence-corrected chi connectivity index (χ2v) is 4.61. The molecule has 2 rings (SSSR count). The summed E-state index contributed by atoms with van der Waals surface area (Å²) < 4.78 is 1.36. The third-order valence-corrected chi connectivity index (χ3v) is 3.22. The lowest BCUT2D eigenvalue weighted by atomic mass is 9.94. The van der Waals surface area contributed by atoms with Gasteiger partial charge in [-0.25, -0.2) is 19.3 Å². The summed E-state index contributed by atoms with van der Waals surface area (Å²) in [4.78, 5) is 15.5. The summed E-state index contributed by atoms with van der Waals surface area (Å²) in [6, 6.07) is 1.74. The Labute approximate surface area is 104 Å². The van der Waals surface area contributed by atoms with Crippen molar-refractivity contribution in [1.29, 1.82) is 0 Å². The Balaban J connectivity index is 2.28. The molecule has 0 saturated heterocycles. The minimum Gasteiger partial charge on any atom is -0.365 e. The van der Waals surface area contributed by atoms with Crippen molar-refractivity contribution in [2.75, 3.05) is 11.9 Å². The van der Waals surface area contributed by atoms with E-state index in [1.807, 2.05) is 0 Å². The fourth-order valence-corrected chi connectivity index (χ4v) is 1.83. The summed E-state index contributed by atoms with van der Waals surface area (Å²) in [5.41, 5.74) is 5.77. The Bertz CT molecular complexity index is 588. The molecule has 2 aromatic rings. The first-order valence-corrected chi connectivity index (χ1v) is 5.99. The summed E-state index contributed by atoms with van der Waals surface area (Å²) in [6.07, 6.45) is 3.25. The van der Waals surface area contributed by atoms with E-state index in [0.29, 0.717) is 18.0 Å². The molecule has 0 spiro atoms. The minimum atomic E-state index is -0.288. The molecule has 0 saturated carbocycles. The Kier molecular flexibility index (Phi) is 3.33. The van der Waals surface area contributed by atoms with Crippen molar-refractivity contribution in [2.24, 2.45) is 5.73 Å². The van der Waals surface area contributed by atoms with Gasteiger partial charge in [0, 0.05) is 11.6 Å². The van der Waals surface area contributed by atoms with Gasteiger partial charge in [-0.15, -0.1) is 0 Å². The zero-order chi connectivity index (χ0) is 13.2. The smallest absolute Gasteiger partial charge is 0.348 e. The van der Waals surface area contributed by atoms with E-state index in [9.17, 15) is 4.79 Å². The van der Waals surface area contributed by atoms with Gasteiger partial charge in [-0.3, -0.25) is 0 Å². The number of rotatable bonds is 5. The van der Waals surface area contributed by atoms with Gasteiger partial charge in [-0.1, -0.05) is 6.92 Å². The Hall–Kier alpha value is -1.89. The molecule has 0 radical (unpaired) electrons. The van der Waals surface area contributed by atoms with Gasteiger partial charge in [0.25, 0.3) is 0 Å². The largest absolute Gasteiger partial charge is 0.365 e. The molecule has 18 heavy (non-hydrogen) atoms. The molecule has 0 aliphatic heterocycles. The third kappa shape index (κ3) is 2.35. The standard InChI is InChI=1S/C11H18N6O/c1-3-11(2,4-5-12)14-8-6-9-15-16-10(18)17(9)7-13-8/h6-7,14H,3-5,12H2,1-2H3,(H,16,18). The Morgan fingerprint density at radius 3 is 3.06 bits per heavy atom. The lowest BCUT2D eigenvalue weighted by Gasteiger charge is -2.29. The van der Waals surface area contributed by atoms with E-state index in [-0.39, 0.29) is 11.2 Å². The van der Waals surface area contributed by atoms with E-state index < -0.39 is 0 Å². The number of nitrogens with two attached hydrogens (primary N) is 1. The molecule has 4 N–H and O–H groups in total. The van der Waals surface area contributed by atoms with Gasteiger partial charge in [0.05, 0.1) is 0 Å². The van der Waals surface area contributed by atoms with Gasteiger partial charge in [0.1, 0.15) is 12.1 Å². The summed E-state index contributed by atoms with van der Waals surface area (Å²) in [5.74, 6) is 0.694. The highest BCUT2D eigenvalue weighted by Crippen LogP contribution is 2.20. The molecule has 1 unspecified atom stereocenters. The summed E-state index contributed by atoms with van der Waals surface area (Å²) >= 11 is 0. The van der Waals surface area contributed by atoms with Crippen LogP contribution in [0, 0.1) is 0 Å². The molecular formula is C11H18N6O. The SMILES string of the molecule is CCC(C)(CCN)Nc1cc2n[nH]c(=O)n2cn1. The van der Waals surface area contributed by atoms with Crippen LogP contribution in [0.3, 0.4) is 0 Å². The van der Waals surface area contributed by atoms with Crippen molar-refractivity contribution in [3.8, 4) is 0 Å². The van der Waals surface area contributed by atoms with Gasteiger partial charge in [-0.05, 0) is 26.3 Å². The van der Waals surface area contributed by atoms with E-state index >= 15 is 0 Å². The van der Waals surface area contributed by atoms with Gasteiger partial charge in [-0.2, -0.15) is 5.10 Å². The van der Waals surface area contributed by atoms with Gasteiger partial charge in [0.15, 0.2) is 5.65 Å². The number of hydrogen-bond donors (Lipinski definition) is 3. The summed E-state index contributed by atoms with van der Waals surface area (Å²) in [5, 5.41) is 9.62. The number of nitrogens with zero attached hydrogens (tertiary/aromatic N) is 3. The molecule has 7 nitrogen and oxygen atoms in total. The van der Waals surface area contributed by atoms with E-state index in [1.54, 1.807) is 6.07 Å². The molecule has 1 atom stereocenters. The van der Waals surface area contributed by atoms with E-state index in [0.717, 1.165) is 12.8 Å². The van der Waals surface area contributed by atoms with Crippen LogP contribution in [0.5, 0.6) is 0 Å². The number of aromatic nitrogens is 4. The fraction of sp³-hybridized carbons (Fsp3) is 0.545. The summed E-state index contributed by atoms with van der Waals surface area (Å²) in [6.45, 7) is 4.81. The predicted octanol–water partition coefficient (Wildman–Crippen LogP) is 0.347. The normalized spacial score (nSPS) is 14.6. The van der Waals surface area contributed by atoms with Gasteiger partial charge in [0.2, 0.25) is 0 Å². The molecule has 0 bridgehead atoms. The molecule has 0 aliphatic rings. The van der Waals surface area contributed by atoms with E-state index in [4.69, 9.17) is 5.73 Å². The fourth-order valence-electron chi connectivity index (χ4n) is 1.83. The first-order chi connectivity index (χ1) is 8.58. The van der Waals surface area contributed by atoms with Crippen molar-refractivity contribution in [3.63, 3.8) is 0 Å². The summed E-state index contributed by atoms with van der Waals surface area (Å²) in [7, 11) is 0. The van der Waals surface area contributed by atoms with Crippen LogP contribution in [0.4, 0.5) is 5.82 Å². The van der Waals surface area contributed by atoms with E-state index in [2.05, 4.69) is 34.3 Å². The molecule has 98 valence electrons. The van der Waals surface area contributed by atoms with Crippen LogP contribution in [-0.2, 0) is 0 Å². The van der Waals surface area contributed by atoms with Gasteiger partial charge < -0.3 is 11.1 Å². The second-order valence-electron chi connectivity index (χ2n) is 4.61. The first-order valence-electron chi connectivity index (χ1n) is 5.99. The quantitative estimate of drug-likeness (QED) is 0.710. The third-order valence-electron chi connectivity index (χ3n) is 3.22. The highest BCUT2D eigenvalue weighted by atomic mass is 16.1. The second kappa shape index (κ2) is 4.77. The molecule has 7 heteroatoms. The van der Waals surface area contributed by atoms with E-state index in [1.165, 1.54) is 10.7 Å². The highest BCUT2D eigenvalue weighted by molar-refractivity contribution is 5.49. The Morgan fingerprint density at radius 1 is 1.61 bits per heavy atom. The Morgan fingerprint density at radius 2 is 2.39 bits per heavy atom. The number of hydrogen-bond acceptors (Lipinski definition) is 5. The van der Waals surface area contributed by atoms with Crippen LogP contribution in [-0.4, -0.2) is 31.7 Å². The van der Waals surface area contributed by atoms with Crippen LogP contribution in [0.1, 0.15) is 26.7 Å². The van der Waals surface area contributed by atoms with Crippen molar-refractivity contribution in [1.82, 2.24) is 19.6 Å². The van der Waals surface area contributed by atoms with Crippen molar-refractivity contribution >= 4 is 11.5 Å². The predicted molar refractivity (Wildman–Crippen MR) is 69.6 cm³/mol. The first kappa shape index (κ1) is 12.6. The van der Waals surface area contributed by atoms with Crippen LogP contribution >= 0.6 is 0 Å². The average Bonchev–Trinajstić information content (AvgIpc) is 2.71. The molecule has 2 aromatic heterocycles. The number of H-pyrrole nitrogens is 1. The monoisotopic (exact) mass is 250 g/mol. The maximum absolute atomic E-state index is 11.3. The molecule has 0 fully saturated rings. The average molecular weight is 250 g/mol. The van der Waals surface area contributed by atoms with Crippen LogP contribution in [0.25, 0.3) is 5.65 Å². The maximum Gasteiger partial charge on any atom is 0.348 e. The number of aromatic amines is 1. The van der Waals surface area contributed by atoms with Crippen molar-refractivity contribution in [3.05, 3.63) is 22.9 Å². The lowest BCUT2D eigenvalue weighted by Crippen LogP contribution is -2.36. The van der Waals surface area contributed by atoms with Crippen molar-refractivity contribution in [2.45, 2.75) is 32.2 Å². The van der Waals surface area contributed by atoms with Crippen LogP contribution in [0.2, 0.25) is 0 Å². The van der Waals surface area contributed by atoms with Crippen LogP contribution in [0.15, 0.2) is 17.2 Å². The van der Waals surface area contributed by atoms with Gasteiger partial charge >= 0.3 is 5.69 Å². The maximum atomic E-state index is 11.3.